The van der Waals surface area contributed by atoms with E-state index >= 15 is 0 Å². The summed E-state index contributed by atoms with van der Waals surface area (Å²) in [4.78, 5) is 4.78. The van der Waals surface area contributed by atoms with Gasteiger partial charge in [0.05, 0.1) is 6.04 Å². The fraction of sp³-hybridized carbons (Fsp3) is 0.0690. The van der Waals surface area contributed by atoms with Crippen LogP contribution in [0.25, 0.3) is 29.9 Å². The molecule has 0 radical (unpaired) electrons. The van der Waals surface area contributed by atoms with Gasteiger partial charge in [-0.15, -0.1) is 0 Å². The Bertz CT molecular complexity index is 2630. The van der Waals surface area contributed by atoms with E-state index in [4.69, 9.17) is 0 Å². The van der Waals surface area contributed by atoms with Crippen molar-refractivity contribution in [1.29, 1.82) is 0 Å². The molecule has 1 unspecified atom stereocenters. The van der Waals surface area contributed by atoms with Crippen LogP contribution in [0.5, 0.6) is 0 Å². The predicted molar refractivity (Wildman–Crippen MR) is 260 cm³/mol. The molecule has 1 aliphatic rings. The molecule has 0 bridgehead atoms. The van der Waals surface area contributed by atoms with Gasteiger partial charge in [-0.1, -0.05) is 199 Å². The quantitative estimate of drug-likeness (QED) is 0.108. The van der Waals surface area contributed by atoms with Gasteiger partial charge in [-0.25, -0.2) is 0 Å². The van der Waals surface area contributed by atoms with Gasteiger partial charge in [-0.05, 0) is 114 Å². The molecule has 8 rings (SSSR count). The second-order valence-electron chi connectivity index (χ2n) is 15.2. The Balaban J connectivity index is 0.980. The number of anilines is 5. The van der Waals surface area contributed by atoms with Gasteiger partial charge < -0.3 is 9.80 Å². The molecule has 1 atom stereocenters. The Hall–Kier alpha value is -7.42. The SMILES string of the molecule is Cc1ccc(N(c2ccc(C=CC=Cc3ccccc3)cc2)c2ccc(C3=CCC(N(c4ccc(C)cc4)c4ccc(/C=C\C=Cc5ccccc5)cc4)C=C3)cc2)cc1. The highest BCUT2D eigenvalue weighted by atomic mass is 15.2. The zero-order valence-electron chi connectivity index (χ0n) is 34.4. The van der Waals surface area contributed by atoms with Crippen molar-refractivity contribution >= 4 is 58.3 Å². The van der Waals surface area contributed by atoms with E-state index in [-0.39, 0.29) is 6.04 Å². The molecule has 2 heteroatoms. The van der Waals surface area contributed by atoms with Crippen molar-refractivity contribution in [3.05, 3.63) is 263 Å². The van der Waals surface area contributed by atoms with E-state index in [1.807, 2.05) is 12.1 Å². The smallest absolute Gasteiger partial charge is 0.0560 e. The first kappa shape index (κ1) is 39.4. The monoisotopic (exact) mass is 774 g/mol. The summed E-state index contributed by atoms with van der Waals surface area (Å²) in [5, 5.41) is 0. The molecule has 60 heavy (non-hydrogen) atoms. The number of hydrogen-bond acceptors (Lipinski definition) is 2. The third-order valence-corrected chi connectivity index (χ3v) is 10.8. The lowest BCUT2D eigenvalue weighted by Gasteiger charge is -2.33. The van der Waals surface area contributed by atoms with Crippen LogP contribution in [0.15, 0.2) is 225 Å². The van der Waals surface area contributed by atoms with Crippen LogP contribution in [-0.2, 0) is 0 Å². The highest BCUT2D eigenvalue weighted by molar-refractivity contribution is 5.81. The second-order valence-corrected chi connectivity index (χ2v) is 15.2. The Morgan fingerprint density at radius 3 is 1.18 bits per heavy atom. The maximum Gasteiger partial charge on any atom is 0.0560 e. The topological polar surface area (TPSA) is 6.48 Å². The maximum absolute atomic E-state index is 2.46. The molecule has 0 heterocycles. The van der Waals surface area contributed by atoms with Gasteiger partial charge in [-0.2, -0.15) is 0 Å². The summed E-state index contributed by atoms with van der Waals surface area (Å²) in [5.41, 5.74) is 15.4. The number of nitrogens with zero attached hydrogens (tertiary/aromatic N) is 2. The molecule has 0 aliphatic heterocycles. The molecule has 0 fully saturated rings. The molecule has 292 valence electrons. The van der Waals surface area contributed by atoms with Crippen molar-refractivity contribution in [3.63, 3.8) is 0 Å². The minimum absolute atomic E-state index is 0.181. The van der Waals surface area contributed by atoms with Crippen LogP contribution < -0.4 is 9.80 Å². The molecule has 0 N–H and O–H groups in total. The summed E-state index contributed by atoms with van der Waals surface area (Å²) in [6.07, 6.45) is 24.9. The Kier molecular flexibility index (Phi) is 12.7. The molecule has 2 nitrogen and oxygen atoms in total. The van der Waals surface area contributed by atoms with E-state index in [1.54, 1.807) is 0 Å². The average Bonchev–Trinajstić information content (AvgIpc) is 3.30. The minimum atomic E-state index is 0.181. The van der Waals surface area contributed by atoms with Gasteiger partial charge in [0.15, 0.2) is 0 Å². The summed E-state index contributed by atoms with van der Waals surface area (Å²) in [7, 11) is 0. The molecule has 0 aromatic heterocycles. The highest BCUT2D eigenvalue weighted by Crippen LogP contribution is 2.37. The number of benzene rings is 7. The second kappa shape index (κ2) is 19.4. The normalized spacial score (nSPS) is 14.0. The van der Waals surface area contributed by atoms with E-state index in [0.29, 0.717) is 0 Å². The van der Waals surface area contributed by atoms with Crippen LogP contribution >= 0.6 is 0 Å². The first-order valence-electron chi connectivity index (χ1n) is 20.8. The standard InChI is InChI=1S/C58H50N2/c1-45-21-33-53(34-22-45)59(55-37-25-49(26-38-55)19-11-9-17-47-13-5-3-6-14-47)57-41-29-51(30-42-57)52-31-43-58(44-32-52)60(54-35-23-46(2)24-36-54)56-39-27-50(28-40-56)20-12-10-18-48-15-7-4-8-16-48/h3-43,58H,44H2,1-2H3/b17-9?,18-10?,19-11?,20-12-. The van der Waals surface area contributed by atoms with Crippen molar-refractivity contribution in [2.45, 2.75) is 26.3 Å². The number of aryl methyl sites for hydroxylation is 2. The third kappa shape index (κ3) is 10.2. The van der Waals surface area contributed by atoms with Crippen LogP contribution in [0.4, 0.5) is 28.4 Å². The van der Waals surface area contributed by atoms with Gasteiger partial charge in [-0.3, -0.25) is 0 Å². The fourth-order valence-corrected chi connectivity index (χ4v) is 7.47. The lowest BCUT2D eigenvalue weighted by molar-refractivity contribution is 0.787. The summed E-state index contributed by atoms with van der Waals surface area (Å²) in [5.74, 6) is 0. The summed E-state index contributed by atoms with van der Waals surface area (Å²) in [6, 6.07) is 65.2. The molecular weight excluding hydrogens is 725 g/mol. The first-order valence-corrected chi connectivity index (χ1v) is 20.8. The lowest BCUT2D eigenvalue weighted by Crippen LogP contribution is -2.30. The van der Waals surface area contributed by atoms with Crippen LogP contribution in [0, 0.1) is 13.8 Å². The van der Waals surface area contributed by atoms with E-state index in [0.717, 1.165) is 29.0 Å². The molecule has 7 aromatic carbocycles. The zero-order valence-corrected chi connectivity index (χ0v) is 34.4. The summed E-state index contributed by atoms with van der Waals surface area (Å²) < 4.78 is 0. The van der Waals surface area contributed by atoms with Crippen LogP contribution in [0.2, 0.25) is 0 Å². The summed E-state index contributed by atoms with van der Waals surface area (Å²) >= 11 is 0. The van der Waals surface area contributed by atoms with E-state index in [2.05, 4.69) is 260 Å². The number of allylic oxidation sites excluding steroid dienone is 6. The van der Waals surface area contributed by atoms with Gasteiger partial charge in [0, 0.05) is 28.4 Å². The van der Waals surface area contributed by atoms with Crippen LogP contribution in [0.1, 0.15) is 45.4 Å². The average molecular weight is 775 g/mol. The van der Waals surface area contributed by atoms with E-state index in [9.17, 15) is 0 Å². The predicted octanol–water partition coefficient (Wildman–Crippen LogP) is 15.8. The Labute approximate surface area is 356 Å². The van der Waals surface area contributed by atoms with Crippen molar-refractivity contribution in [1.82, 2.24) is 0 Å². The zero-order chi connectivity index (χ0) is 40.9. The van der Waals surface area contributed by atoms with Gasteiger partial charge in [0.2, 0.25) is 0 Å². The largest absolute Gasteiger partial charge is 0.334 e. The molecule has 7 aromatic rings. The van der Waals surface area contributed by atoms with Crippen molar-refractivity contribution in [3.8, 4) is 0 Å². The third-order valence-electron chi connectivity index (χ3n) is 10.8. The summed E-state index contributed by atoms with van der Waals surface area (Å²) in [6.45, 7) is 4.28. The van der Waals surface area contributed by atoms with E-state index < -0.39 is 0 Å². The van der Waals surface area contributed by atoms with Gasteiger partial charge >= 0.3 is 0 Å². The number of hydrogen-bond donors (Lipinski definition) is 0. The van der Waals surface area contributed by atoms with Crippen LogP contribution in [-0.4, -0.2) is 6.04 Å². The maximum atomic E-state index is 2.46. The van der Waals surface area contributed by atoms with Crippen molar-refractivity contribution < 1.29 is 0 Å². The minimum Gasteiger partial charge on any atom is -0.334 e. The Morgan fingerprint density at radius 2 is 0.767 bits per heavy atom. The van der Waals surface area contributed by atoms with Gasteiger partial charge in [0.25, 0.3) is 0 Å². The Morgan fingerprint density at radius 1 is 0.400 bits per heavy atom. The number of rotatable bonds is 13. The first-order chi connectivity index (χ1) is 29.6. The van der Waals surface area contributed by atoms with Crippen LogP contribution in [0.3, 0.4) is 0 Å². The molecular formula is C58H50N2. The molecule has 1 aliphatic carbocycles. The molecule has 0 saturated carbocycles. The van der Waals surface area contributed by atoms with Crippen molar-refractivity contribution in [2.24, 2.45) is 0 Å². The molecule has 0 saturated heterocycles. The van der Waals surface area contributed by atoms with Crippen molar-refractivity contribution in [2.75, 3.05) is 9.80 Å². The molecule has 0 spiro atoms. The lowest BCUT2D eigenvalue weighted by atomic mass is 9.95. The fourth-order valence-electron chi connectivity index (χ4n) is 7.47. The van der Waals surface area contributed by atoms with E-state index in [1.165, 1.54) is 50.3 Å². The highest BCUT2D eigenvalue weighted by Gasteiger charge is 2.21. The van der Waals surface area contributed by atoms with Gasteiger partial charge in [0.1, 0.15) is 0 Å². The molecule has 0 amide bonds.